The van der Waals surface area contributed by atoms with E-state index in [1.807, 2.05) is 11.0 Å². The standard InChI is InChI=1S/C10H17N3/c1-10(2,3)8-4-6-11-13-9(8)5-7-12-13/h5,7-8,11H,4,6H2,1-3H3. The van der Waals surface area contributed by atoms with E-state index in [-0.39, 0.29) is 0 Å². The predicted molar refractivity (Wildman–Crippen MR) is 53.3 cm³/mol. The Morgan fingerprint density at radius 1 is 1.54 bits per heavy atom. The topological polar surface area (TPSA) is 29.9 Å². The molecule has 13 heavy (non-hydrogen) atoms. The Labute approximate surface area is 79.1 Å². The van der Waals surface area contributed by atoms with Crippen molar-refractivity contribution in [3.63, 3.8) is 0 Å². The van der Waals surface area contributed by atoms with Crippen molar-refractivity contribution in [2.45, 2.75) is 33.1 Å². The zero-order valence-corrected chi connectivity index (χ0v) is 8.54. The number of rotatable bonds is 0. The first-order chi connectivity index (χ1) is 6.09. The number of fused-ring (bicyclic) bond motifs is 1. The van der Waals surface area contributed by atoms with Crippen LogP contribution in [0.3, 0.4) is 0 Å². The molecule has 0 aliphatic carbocycles. The van der Waals surface area contributed by atoms with Crippen LogP contribution in [-0.2, 0) is 0 Å². The van der Waals surface area contributed by atoms with Crippen LogP contribution < -0.4 is 5.43 Å². The molecule has 0 radical (unpaired) electrons. The molecule has 2 heterocycles. The summed E-state index contributed by atoms with van der Waals surface area (Å²) >= 11 is 0. The van der Waals surface area contributed by atoms with Gasteiger partial charge in [0, 0.05) is 12.5 Å². The van der Waals surface area contributed by atoms with E-state index >= 15 is 0 Å². The Balaban J connectivity index is 2.35. The maximum atomic E-state index is 4.23. The zero-order valence-electron chi connectivity index (χ0n) is 8.54. The van der Waals surface area contributed by atoms with E-state index in [1.165, 1.54) is 12.1 Å². The molecule has 0 fully saturated rings. The van der Waals surface area contributed by atoms with Crippen molar-refractivity contribution in [2.24, 2.45) is 5.41 Å². The maximum Gasteiger partial charge on any atom is 0.0656 e. The molecule has 1 atom stereocenters. The fourth-order valence-corrected chi connectivity index (χ4v) is 2.05. The molecule has 0 amide bonds. The monoisotopic (exact) mass is 179 g/mol. The van der Waals surface area contributed by atoms with Crippen molar-refractivity contribution >= 4 is 0 Å². The second-order valence-electron chi connectivity index (χ2n) is 4.78. The second kappa shape index (κ2) is 2.76. The van der Waals surface area contributed by atoms with Crippen molar-refractivity contribution < 1.29 is 0 Å². The fourth-order valence-electron chi connectivity index (χ4n) is 2.05. The quantitative estimate of drug-likeness (QED) is 0.659. The van der Waals surface area contributed by atoms with Crippen LogP contribution in [0.4, 0.5) is 0 Å². The Kier molecular flexibility index (Phi) is 1.82. The third kappa shape index (κ3) is 1.43. The zero-order chi connectivity index (χ0) is 9.47. The van der Waals surface area contributed by atoms with Gasteiger partial charge in [0.1, 0.15) is 0 Å². The number of nitrogens with one attached hydrogen (secondary N) is 1. The summed E-state index contributed by atoms with van der Waals surface area (Å²) < 4.78 is 0. The lowest BCUT2D eigenvalue weighted by molar-refractivity contribution is 0.281. The summed E-state index contributed by atoms with van der Waals surface area (Å²) in [5.41, 5.74) is 4.90. The van der Waals surface area contributed by atoms with Gasteiger partial charge in [0.2, 0.25) is 0 Å². The normalized spacial score (nSPS) is 22.2. The summed E-state index contributed by atoms with van der Waals surface area (Å²) in [7, 11) is 0. The molecule has 3 heteroatoms. The molecular weight excluding hydrogens is 162 g/mol. The first kappa shape index (κ1) is 8.60. The average molecular weight is 179 g/mol. The average Bonchev–Trinajstić information content (AvgIpc) is 2.48. The van der Waals surface area contributed by atoms with Crippen LogP contribution in [0.1, 0.15) is 38.8 Å². The number of aromatic nitrogens is 2. The molecule has 1 unspecified atom stereocenters. The summed E-state index contributed by atoms with van der Waals surface area (Å²) in [5.74, 6) is 0.622. The Morgan fingerprint density at radius 3 is 3.00 bits per heavy atom. The third-order valence-corrected chi connectivity index (χ3v) is 2.77. The molecule has 3 nitrogen and oxygen atoms in total. The van der Waals surface area contributed by atoms with Crippen molar-refractivity contribution in [3.8, 4) is 0 Å². The van der Waals surface area contributed by atoms with Gasteiger partial charge in [0.15, 0.2) is 0 Å². The van der Waals surface area contributed by atoms with Gasteiger partial charge in [-0.05, 0) is 17.9 Å². The molecule has 1 aromatic rings. The predicted octanol–water partition coefficient (Wildman–Crippen LogP) is 1.96. The minimum absolute atomic E-state index is 0.333. The van der Waals surface area contributed by atoms with E-state index in [2.05, 4.69) is 37.4 Å². The minimum Gasteiger partial charge on any atom is -0.310 e. The van der Waals surface area contributed by atoms with Crippen LogP contribution >= 0.6 is 0 Å². The lowest BCUT2D eigenvalue weighted by atomic mass is 9.76. The number of nitrogens with zero attached hydrogens (tertiary/aromatic N) is 2. The van der Waals surface area contributed by atoms with E-state index in [0.29, 0.717) is 11.3 Å². The van der Waals surface area contributed by atoms with Gasteiger partial charge in [-0.3, -0.25) is 0 Å². The molecule has 1 aromatic heterocycles. The summed E-state index contributed by atoms with van der Waals surface area (Å²) in [6, 6.07) is 2.11. The maximum absolute atomic E-state index is 4.23. The van der Waals surface area contributed by atoms with Crippen LogP contribution in [0.15, 0.2) is 12.3 Å². The highest BCUT2D eigenvalue weighted by Gasteiger charge is 2.30. The molecule has 2 rings (SSSR count). The van der Waals surface area contributed by atoms with E-state index in [0.717, 1.165) is 6.54 Å². The highest BCUT2D eigenvalue weighted by Crippen LogP contribution is 2.38. The van der Waals surface area contributed by atoms with Crippen LogP contribution in [0.2, 0.25) is 0 Å². The third-order valence-electron chi connectivity index (χ3n) is 2.77. The van der Waals surface area contributed by atoms with Crippen LogP contribution in [-0.4, -0.2) is 16.4 Å². The van der Waals surface area contributed by atoms with Crippen molar-refractivity contribution in [1.29, 1.82) is 0 Å². The Morgan fingerprint density at radius 2 is 2.31 bits per heavy atom. The van der Waals surface area contributed by atoms with Crippen molar-refractivity contribution in [3.05, 3.63) is 18.0 Å². The molecule has 0 aromatic carbocycles. The van der Waals surface area contributed by atoms with Gasteiger partial charge >= 0.3 is 0 Å². The van der Waals surface area contributed by atoms with E-state index in [1.54, 1.807) is 0 Å². The first-order valence-corrected chi connectivity index (χ1v) is 4.87. The van der Waals surface area contributed by atoms with Gasteiger partial charge in [0.05, 0.1) is 11.9 Å². The highest BCUT2D eigenvalue weighted by molar-refractivity contribution is 5.15. The van der Waals surface area contributed by atoms with Crippen molar-refractivity contribution in [2.75, 3.05) is 12.0 Å². The molecule has 0 saturated heterocycles. The van der Waals surface area contributed by atoms with Crippen molar-refractivity contribution in [1.82, 2.24) is 9.89 Å². The molecule has 0 bridgehead atoms. The molecule has 1 N–H and O–H groups in total. The highest BCUT2D eigenvalue weighted by atomic mass is 15.6. The Hall–Kier alpha value is -0.990. The summed E-state index contributed by atoms with van der Waals surface area (Å²) in [6.45, 7) is 7.90. The van der Waals surface area contributed by atoms with Gasteiger partial charge in [0.25, 0.3) is 0 Å². The van der Waals surface area contributed by atoms with Crippen LogP contribution in [0.25, 0.3) is 0 Å². The smallest absolute Gasteiger partial charge is 0.0656 e. The van der Waals surface area contributed by atoms with E-state index in [9.17, 15) is 0 Å². The van der Waals surface area contributed by atoms with Gasteiger partial charge in [-0.15, -0.1) is 0 Å². The molecular formula is C10H17N3. The van der Waals surface area contributed by atoms with Crippen LogP contribution in [0.5, 0.6) is 0 Å². The molecule has 0 spiro atoms. The summed E-state index contributed by atoms with van der Waals surface area (Å²) in [5, 5.41) is 4.23. The molecule has 0 saturated carbocycles. The molecule has 1 aliphatic rings. The van der Waals surface area contributed by atoms with E-state index < -0.39 is 0 Å². The molecule has 72 valence electrons. The SMILES string of the molecule is CC(C)(C)C1CCNn2nccc21. The van der Waals surface area contributed by atoms with Crippen LogP contribution in [0, 0.1) is 5.41 Å². The van der Waals surface area contributed by atoms with Gasteiger partial charge in [-0.1, -0.05) is 20.8 Å². The van der Waals surface area contributed by atoms with Gasteiger partial charge in [-0.25, -0.2) is 0 Å². The number of hydrogen-bond donors (Lipinski definition) is 1. The lowest BCUT2D eigenvalue weighted by Crippen LogP contribution is -2.33. The van der Waals surface area contributed by atoms with Gasteiger partial charge in [-0.2, -0.15) is 9.89 Å². The fraction of sp³-hybridized carbons (Fsp3) is 0.700. The summed E-state index contributed by atoms with van der Waals surface area (Å²) in [6.07, 6.45) is 3.07. The van der Waals surface area contributed by atoms with Gasteiger partial charge < -0.3 is 5.43 Å². The Bertz CT molecular complexity index is 295. The lowest BCUT2D eigenvalue weighted by Gasteiger charge is -2.34. The molecule has 1 aliphatic heterocycles. The largest absolute Gasteiger partial charge is 0.310 e. The summed E-state index contributed by atoms with van der Waals surface area (Å²) in [4.78, 5) is 1.92. The first-order valence-electron chi connectivity index (χ1n) is 4.87. The number of hydrogen-bond acceptors (Lipinski definition) is 2. The minimum atomic E-state index is 0.333. The second-order valence-corrected chi connectivity index (χ2v) is 4.78. The van der Waals surface area contributed by atoms with E-state index in [4.69, 9.17) is 0 Å².